The lowest BCUT2D eigenvalue weighted by Crippen LogP contribution is -2.55. The van der Waals surface area contributed by atoms with Crippen LogP contribution >= 0.6 is 0 Å². The number of rotatable bonds is 11. The van der Waals surface area contributed by atoms with E-state index in [1.165, 1.54) is 18.7 Å². The topological polar surface area (TPSA) is 151 Å². The van der Waals surface area contributed by atoms with E-state index in [-0.39, 0.29) is 17.7 Å². The van der Waals surface area contributed by atoms with Gasteiger partial charge in [0.2, 0.25) is 24.2 Å². The largest absolute Gasteiger partial charge is 0.384 e. The van der Waals surface area contributed by atoms with Gasteiger partial charge in [-0.2, -0.15) is 4.98 Å². The van der Waals surface area contributed by atoms with Crippen molar-refractivity contribution in [2.75, 3.05) is 11.1 Å². The Bertz CT molecular complexity index is 822. The van der Waals surface area contributed by atoms with Gasteiger partial charge in [-0.3, -0.25) is 24.9 Å². The maximum Gasteiger partial charge on any atom is 0.249 e. The van der Waals surface area contributed by atoms with Gasteiger partial charge in [0.05, 0.1) is 12.0 Å². The average Bonchev–Trinajstić information content (AvgIpc) is 2.79. The third-order valence-electron chi connectivity index (χ3n) is 6.47. The summed E-state index contributed by atoms with van der Waals surface area (Å²) in [6, 6.07) is -0.0503. The second-order valence-electron chi connectivity index (χ2n) is 10.3. The van der Waals surface area contributed by atoms with Crippen molar-refractivity contribution >= 4 is 30.0 Å². The minimum absolute atomic E-state index is 0.0543. The zero-order valence-corrected chi connectivity index (χ0v) is 20.8. The van der Waals surface area contributed by atoms with E-state index in [0.717, 1.165) is 25.7 Å². The fourth-order valence-corrected chi connectivity index (χ4v) is 4.65. The summed E-state index contributed by atoms with van der Waals surface area (Å²) in [6.45, 7) is 7.49. The number of carbonyl (C=O) groups is 3. The molecule has 0 aromatic carbocycles. The van der Waals surface area contributed by atoms with Gasteiger partial charge >= 0.3 is 0 Å². The molecule has 1 aliphatic carbocycles. The van der Waals surface area contributed by atoms with Crippen LogP contribution in [0.2, 0.25) is 0 Å². The van der Waals surface area contributed by atoms with E-state index in [9.17, 15) is 19.6 Å². The van der Waals surface area contributed by atoms with Gasteiger partial charge in [-0.1, -0.05) is 66.2 Å². The van der Waals surface area contributed by atoms with Gasteiger partial charge in [0.25, 0.3) is 0 Å². The molecule has 1 heterocycles. The number of hydroxylamine groups is 2. The minimum Gasteiger partial charge on any atom is -0.384 e. The first-order valence-corrected chi connectivity index (χ1v) is 12.2. The smallest absolute Gasteiger partial charge is 0.249 e. The molecule has 1 aliphatic rings. The Balaban J connectivity index is 2.27. The number of anilines is 2. The maximum absolute atomic E-state index is 13.6. The van der Waals surface area contributed by atoms with Crippen molar-refractivity contribution in [3.05, 3.63) is 12.3 Å². The number of nitrogen functional groups attached to an aromatic ring is 1. The van der Waals surface area contributed by atoms with E-state index in [4.69, 9.17) is 5.73 Å². The molecule has 3 amide bonds. The predicted octanol–water partition coefficient (Wildman–Crippen LogP) is 3.13. The lowest BCUT2D eigenvalue weighted by molar-refractivity contribution is -0.170. The summed E-state index contributed by atoms with van der Waals surface area (Å²) in [4.78, 5) is 46.2. The van der Waals surface area contributed by atoms with Crippen molar-refractivity contribution in [3.63, 3.8) is 0 Å². The number of hydrogen-bond donors (Lipinski definition) is 4. The number of hydrogen-bond acceptors (Lipinski definition) is 7. The van der Waals surface area contributed by atoms with E-state index in [2.05, 4.69) is 20.6 Å². The summed E-state index contributed by atoms with van der Waals surface area (Å²) in [5.41, 5.74) is 5.05. The minimum atomic E-state index is -0.899. The summed E-state index contributed by atoms with van der Waals surface area (Å²) < 4.78 is 0. The van der Waals surface area contributed by atoms with Crippen molar-refractivity contribution in [2.45, 2.75) is 91.1 Å². The monoisotopic (exact) mass is 476 g/mol. The lowest BCUT2D eigenvalue weighted by Gasteiger charge is -2.36. The Morgan fingerprint density at radius 1 is 1.26 bits per heavy atom. The number of aromatic nitrogens is 2. The van der Waals surface area contributed by atoms with E-state index < -0.39 is 29.3 Å². The highest BCUT2D eigenvalue weighted by atomic mass is 16.5. The standard InChI is InChI=1S/C24H40N6O4/c1-5-9-18(30(34)15-31)17(14-16-10-7-6-8-11-16)21(32)28-20(24(2,3)4)22(33)29-23-26-13-12-19(25)27-23/h12-13,15-18,20,34H,5-11,14H2,1-4H3,(H,28,32)(H3,25,26,27,29,33)/t17-,18+,20-/m1/s1. The molecule has 10 heteroatoms. The van der Waals surface area contributed by atoms with Gasteiger partial charge in [0, 0.05) is 6.20 Å². The first-order valence-electron chi connectivity index (χ1n) is 12.2. The van der Waals surface area contributed by atoms with Crippen LogP contribution in [0.4, 0.5) is 11.8 Å². The zero-order valence-electron chi connectivity index (χ0n) is 20.8. The third kappa shape index (κ3) is 7.93. The van der Waals surface area contributed by atoms with Crippen LogP contribution in [0.3, 0.4) is 0 Å². The normalized spacial score (nSPS) is 17.3. The summed E-state index contributed by atoms with van der Waals surface area (Å²) >= 11 is 0. The Kier molecular flexibility index (Phi) is 10.2. The third-order valence-corrected chi connectivity index (χ3v) is 6.47. The molecule has 2 rings (SSSR count). The summed E-state index contributed by atoms with van der Waals surface area (Å²) in [6.07, 6.45) is 8.96. The van der Waals surface area contributed by atoms with Crippen LogP contribution in [-0.2, 0) is 14.4 Å². The second-order valence-corrected chi connectivity index (χ2v) is 10.3. The zero-order chi connectivity index (χ0) is 25.3. The van der Waals surface area contributed by atoms with E-state index in [1.807, 2.05) is 27.7 Å². The number of nitrogens with one attached hydrogen (secondary N) is 2. The number of carbonyl (C=O) groups excluding carboxylic acids is 3. The molecule has 3 atom stereocenters. The fourth-order valence-electron chi connectivity index (χ4n) is 4.65. The Hall–Kier alpha value is -2.75. The summed E-state index contributed by atoms with van der Waals surface area (Å²) in [5.74, 6) is -0.849. The number of nitrogens with zero attached hydrogens (tertiary/aromatic N) is 3. The molecule has 0 radical (unpaired) electrons. The van der Waals surface area contributed by atoms with E-state index >= 15 is 0 Å². The van der Waals surface area contributed by atoms with Crippen LogP contribution in [-0.4, -0.2) is 50.5 Å². The summed E-state index contributed by atoms with van der Waals surface area (Å²) in [5, 5.41) is 16.5. The lowest BCUT2D eigenvalue weighted by atomic mass is 9.78. The molecule has 34 heavy (non-hydrogen) atoms. The Morgan fingerprint density at radius 2 is 1.94 bits per heavy atom. The summed E-state index contributed by atoms with van der Waals surface area (Å²) in [7, 11) is 0. The van der Waals surface area contributed by atoms with Crippen LogP contribution < -0.4 is 16.4 Å². The van der Waals surface area contributed by atoms with E-state index in [1.54, 1.807) is 0 Å². The molecule has 10 nitrogen and oxygen atoms in total. The molecule has 1 aromatic heterocycles. The molecule has 1 saturated carbocycles. The first kappa shape index (κ1) is 27.5. The SMILES string of the molecule is CCC[C@@H]([C@@H](CC1CCCCC1)C(=O)N[C@H](C(=O)Nc1nccc(N)n1)C(C)(C)C)N(O)C=O. The molecule has 5 N–H and O–H groups in total. The van der Waals surface area contributed by atoms with Crippen LogP contribution in [0, 0.1) is 17.3 Å². The predicted molar refractivity (Wildman–Crippen MR) is 130 cm³/mol. The van der Waals surface area contributed by atoms with Crippen molar-refractivity contribution in [1.82, 2.24) is 20.3 Å². The second kappa shape index (κ2) is 12.6. The molecule has 0 spiro atoms. The molecule has 190 valence electrons. The molecule has 1 aromatic rings. The number of amides is 3. The van der Waals surface area contributed by atoms with Crippen LogP contribution in [0.15, 0.2) is 12.3 Å². The molecule has 0 unspecified atom stereocenters. The number of nitrogens with two attached hydrogens (primary N) is 1. The quantitative estimate of drug-likeness (QED) is 0.218. The van der Waals surface area contributed by atoms with Gasteiger partial charge in [-0.05, 0) is 30.2 Å². The first-order chi connectivity index (χ1) is 16.1. The van der Waals surface area contributed by atoms with Gasteiger partial charge in [0.15, 0.2) is 0 Å². The molecule has 0 aliphatic heterocycles. The van der Waals surface area contributed by atoms with Crippen molar-refractivity contribution in [1.29, 1.82) is 0 Å². The molecular formula is C24H40N6O4. The van der Waals surface area contributed by atoms with Crippen LogP contribution in [0.1, 0.15) is 79.1 Å². The molecule has 0 bridgehead atoms. The highest BCUT2D eigenvalue weighted by molar-refractivity contribution is 5.97. The average molecular weight is 477 g/mol. The molecule has 1 fully saturated rings. The molecular weight excluding hydrogens is 436 g/mol. The van der Waals surface area contributed by atoms with Gasteiger partial charge in [-0.25, -0.2) is 10.0 Å². The van der Waals surface area contributed by atoms with Gasteiger partial charge in [0.1, 0.15) is 11.9 Å². The highest BCUT2D eigenvalue weighted by Crippen LogP contribution is 2.33. The highest BCUT2D eigenvalue weighted by Gasteiger charge is 2.39. The molecule has 0 saturated heterocycles. The van der Waals surface area contributed by atoms with Crippen LogP contribution in [0.5, 0.6) is 0 Å². The van der Waals surface area contributed by atoms with Gasteiger partial charge < -0.3 is 11.1 Å². The van der Waals surface area contributed by atoms with Crippen LogP contribution in [0.25, 0.3) is 0 Å². The van der Waals surface area contributed by atoms with Gasteiger partial charge in [-0.15, -0.1) is 0 Å². The van der Waals surface area contributed by atoms with Crippen molar-refractivity contribution in [3.8, 4) is 0 Å². The van der Waals surface area contributed by atoms with Crippen molar-refractivity contribution < 1.29 is 19.6 Å². The van der Waals surface area contributed by atoms with Crippen molar-refractivity contribution in [2.24, 2.45) is 17.3 Å². The fraction of sp³-hybridized carbons (Fsp3) is 0.708. The Labute approximate surface area is 202 Å². The van der Waals surface area contributed by atoms with E-state index in [0.29, 0.717) is 36.7 Å². The Morgan fingerprint density at radius 3 is 2.50 bits per heavy atom. The maximum atomic E-state index is 13.6.